The van der Waals surface area contributed by atoms with Crippen molar-refractivity contribution in [2.45, 2.75) is 78.4 Å². The van der Waals surface area contributed by atoms with Gasteiger partial charge in [0.1, 0.15) is 22.7 Å². The fraction of sp³-hybridized carbons (Fsp3) is 0.483. The lowest BCUT2D eigenvalue weighted by atomic mass is 10.0. The number of ether oxygens (including phenoxy) is 4. The van der Waals surface area contributed by atoms with Crippen molar-refractivity contribution in [1.29, 1.82) is 0 Å². The van der Waals surface area contributed by atoms with E-state index in [-0.39, 0.29) is 30.6 Å². The first-order chi connectivity index (χ1) is 16.8. The Morgan fingerprint density at radius 2 is 0.917 bits per heavy atom. The molecule has 0 N–H and O–H groups in total. The third-order valence-corrected chi connectivity index (χ3v) is 4.66. The molecule has 0 atom stereocenters. The van der Waals surface area contributed by atoms with Crippen LogP contribution in [-0.2, 0) is 19.1 Å². The summed E-state index contributed by atoms with van der Waals surface area (Å²) in [4.78, 5) is 36.3. The fourth-order valence-electron chi connectivity index (χ4n) is 3.17. The van der Waals surface area contributed by atoms with Crippen LogP contribution in [0.1, 0.15) is 83.1 Å². The Hall–Kier alpha value is -3.35. The molecule has 0 aromatic heterocycles. The molecule has 36 heavy (non-hydrogen) atoms. The normalized spacial score (nSPS) is 11.5. The van der Waals surface area contributed by atoms with Crippen LogP contribution in [-0.4, -0.2) is 42.1 Å². The lowest BCUT2D eigenvalue weighted by Crippen LogP contribution is -2.24. The molecule has 0 saturated carbocycles. The van der Waals surface area contributed by atoms with E-state index in [1.165, 1.54) is 0 Å². The van der Waals surface area contributed by atoms with E-state index in [4.69, 9.17) is 18.9 Å². The molecule has 0 aliphatic rings. The number of ketones is 1. The van der Waals surface area contributed by atoms with Crippen molar-refractivity contribution in [2.24, 2.45) is 0 Å². The van der Waals surface area contributed by atoms with E-state index in [1.54, 1.807) is 48.5 Å². The minimum Gasteiger partial charge on any atom is -0.494 e. The van der Waals surface area contributed by atoms with E-state index in [2.05, 4.69) is 0 Å². The van der Waals surface area contributed by atoms with Crippen LogP contribution in [0.4, 0.5) is 0 Å². The van der Waals surface area contributed by atoms with Gasteiger partial charge in [0.2, 0.25) is 0 Å². The Labute approximate surface area is 214 Å². The van der Waals surface area contributed by atoms with Gasteiger partial charge in [-0.15, -0.1) is 0 Å². The molecule has 2 rings (SSSR count). The monoisotopic (exact) mass is 498 g/mol. The number of rotatable bonds is 12. The summed E-state index contributed by atoms with van der Waals surface area (Å²) < 4.78 is 21.9. The molecule has 0 fully saturated rings. The van der Waals surface area contributed by atoms with E-state index in [0.29, 0.717) is 48.7 Å². The molecule has 0 heterocycles. The van der Waals surface area contributed by atoms with Crippen LogP contribution in [0.3, 0.4) is 0 Å². The van der Waals surface area contributed by atoms with E-state index in [1.807, 2.05) is 41.5 Å². The van der Waals surface area contributed by atoms with Crippen LogP contribution >= 0.6 is 0 Å². The Morgan fingerprint density at radius 1 is 0.583 bits per heavy atom. The molecule has 0 saturated heterocycles. The van der Waals surface area contributed by atoms with Gasteiger partial charge in [-0.1, -0.05) is 0 Å². The van der Waals surface area contributed by atoms with Crippen LogP contribution in [0.25, 0.3) is 0 Å². The van der Waals surface area contributed by atoms with Crippen molar-refractivity contribution in [2.75, 3.05) is 13.2 Å². The number of hydrogen-bond donors (Lipinski definition) is 0. The lowest BCUT2D eigenvalue weighted by Gasteiger charge is -2.19. The number of benzene rings is 2. The summed E-state index contributed by atoms with van der Waals surface area (Å²) in [5.41, 5.74) is 0.109. The highest BCUT2D eigenvalue weighted by Crippen LogP contribution is 2.19. The molecule has 0 aliphatic carbocycles. The highest BCUT2D eigenvalue weighted by molar-refractivity contribution is 6.09. The average Bonchev–Trinajstić information content (AvgIpc) is 2.78. The fourth-order valence-corrected chi connectivity index (χ4v) is 3.17. The van der Waals surface area contributed by atoms with Crippen LogP contribution in [0.5, 0.6) is 11.5 Å². The molecular weight excluding hydrogens is 460 g/mol. The summed E-state index contributed by atoms with van der Waals surface area (Å²) in [5, 5.41) is 0. The maximum absolute atomic E-state index is 12.8. The van der Waals surface area contributed by atoms with Crippen LogP contribution in [0.2, 0.25) is 0 Å². The Bertz CT molecular complexity index is 912. The quantitative estimate of drug-likeness (QED) is 0.204. The molecule has 2 aromatic carbocycles. The minimum absolute atomic E-state index is 0.108. The topological polar surface area (TPSA) is 88.1 Å². The molecule has 7 nitrogen and oxygen atoms in total. The second-order valence-electron chi connectivity index (χ2n) is 10.5. The number of esters is 2. The molecule has 2 aromatic rings. The third kappa shape index (κ3) is 11.4. The molecule has 196 valence electrons. The summed E-state index contributed by atoms with van der Waals surface area (Å²) in [6.45, 7) is 11.8. The zero-order valence-electron chi connectivity index (χ0n) is 22.2. The minimum atomic E-state index is -0.489. The maximum Gasteiger partial charge on any atom is 0.306 e. The van der Waals surface area contributed by atoms with Gasteiger partial charge in [0.15, 0.2) is 5.78 Å². The highest BCUT2D eigenvalue weighted by atomic mass is 16.6. The lowest BCUT2D eigenvalue weighted by molar-refractivity contribution is -0.156. The second kappa shape index (κ2) is 13.1. The largest absolute Gasteiger partial charge is 0.494 e. The van der Waals surface area contributed by atoms with Gasteiger partial charge in [0.05, 0.1) is 13.2 Å². The smallest absolute Gasteiger partial charge is 0.306 e. The Morgan fingerprint density at radius 3 is 1.22 bits per heavy atom. The van der Waals surface area contributed by atoms with Crippen molar-refractivity contribution in [3.05, 3.63) is 59.7 Å². The number of carbonyl (C=O) groups is 3. The number of carbonyl (C=O) groups excluding carboxylic acids is 3. The first-order valence-corrected chi connectivity index (χ1v) is 12.3. The van der Waals surface area contributed by atoms with Crippen molar-refractivity contribution in [3.63, 3.8) is 0 Å². The zero-order valence-corrected chi connectivity index (χ0v) is 22.2. The predicted molar refractivity (Wildman–Crippen MR) is 137 cm³/mol. The van der Waals surface area contributed by atoms with Gasteiger partial charge in [0, 0.05) is 24.0 Å². The SMILES string of the molecule is CC(C)(C)OC(=O)CCCOc1ccc(C(=O)c2ccc(OCCCC(=O)OC(C)(C)C)cc2)cc1. The van der Waals surface area contributed by atoms with Gasteiger partial charge in [-0.3, -0.25) is 14.4 Å². The van der Waals surface area contributed by atoms with Crippen LogP contribution in [0, 0.1) is 0 Å². The summed E-state index contributed by atoms with van der Waals surface area (Å²) >= 11 is 0. The molecular formula is C29H38O7. The first kappa shape index (κ1) is 28.9. The summed E-state index contributed by atoms with van der Waals surface area (Å²) in [6.07, 6.45) is 1.67. The van der Waals surface area contributed by atoms with Gasteiger partial charge in [0.25, 0.3) is 0 Å². The molecule has 0 aliphatic heterocycles. The molecule has 0 spiro atoms. The van der Waals surface area contributed by atoms with Gasteiger partial charge in [-0.05, 0) is 103 Å². The Kier molecular flexibility index (Phi) is 10.5. The van der Waals surface area contributed by atoms with E-state index < -0.39 is 11.2 Å². The van der Waals surface area contributed by atoms with Crippen molar-refractivity contribution in [1.82, 2.24) is 0 Å². The van der Waals surface area contributed by atoms with E-state index >= 15 is 0 Å². The maximum atomic E-state index is 12.8. The van der Waals surface area contributed by atoms with E-state index in [9.17, 15) is 14.4 Å². The zero-order chi connectivity index (χ0) is 26.8. The van der Waals surface area contributed by atoms with Gasteiger partial charge < -0.3 is 18.9 Å². The molecule has 0 unspecified atom stereocenters. The Balaban J connectivity index is 1.75. The van der Waals surface area contributed by atoms with Crippen LogP contribution in [0.15, 0.2) is 48.5 Å². The second-order valence-corrected chi connectivity index (χ2v) is 10.5. The van der Waals surface area contributed by atoms with Crippen molar-refractivity contribution in [3.8, 4) is 11.5 Å². The molecule has 0 radical (unpaired) electrons. The number of hydrogen-bond acceptors (Lipinski definition) is 7. The highest BCUT2D eigenvalue weighted by Gasteiger charge is 2.17. The van der Waals surface area contributed by atoms with Crippen molar-refractivity contribution >= 4 is 17.7 Å². The molecule has 0 amide bonds. The first-order valence-electron chi connectivity index (χ1n) is 12.3. The van der Waals surface area contributed by atoms with Gasteiger partial charge >= 0.3 is 11.9 Å². The molecule has 0 bridgehead atoms. The third-order valence-electron chi connectivity index (χ3n) is 4.66. The summed E-state index contributed by atoms with van der Waals surface area (Å²) in [7, 11) is 0. The average molecular weight is 499 g/mol. The summed E-state index contributed by atoms with van der Waals surface area (Å²) in [6, 6.07) is 13.8. The van der Waals surface area contributed by atoms with Gasteiger partial charge in [-0.2, -0.15) is 0 Å². The predicted octanol–water partition coefficient (Wildman–Crippen LogP) is 5.92. The van der Waals surface area contributed by atoms with Crippen LogP contribution < -0.4 is 9.47 Å². The van der Waals surface area contributed by atoms with Gasteiger partial charge in [-0.25, -0.2) is 0 Å². The molecule has 7 heteroatoms. The van der Waals surface area contributed by atoms with Crippen molar-refractivity contribution < 1.29 is 33.3 Å². The standard InChI is InChI=1S/C29H38O7/c1-28(2,3)35-25(30)9-7-19-33-23-15-11-21(12-16-23)27(32)22-13-17-24(18-14-22)34-20-8-10-26(31)36-29(4,5)6/h11-18H,7-10,19-20H2,1-6H3. The summed E-state index contributed by atoms with van der Waals surface area (Å²) in [5.74, 6) is 0.660. The van der Waals surface area contributed by atoms with E-state index in [0.717, 1.165) is 0 Å².